The van der Waals surface area contributed by atoms with Gasteiger partial charge >= 0.3 is 0 Å². The summed E-state index contributed by atoms with van der Waals surface area (Å²) in [6.07, 6.45) is 0. The summed E-state index contributed by atoms with van der Waals surface area (Å²) in [4.78, 5) is 0. The third kappa shape index (κ3) is 4.47. The molecule has 10 aromatic rings. The standard InChI is InChI=1S/C48H30O/c1-2-12-31(13-3-1)32-22-24-33(25-23-32)37-16-6-7-17-38(37)48-41-20-10-8-18-39(41)47(40-19-9-11-21-42(40)48)36-26-27-45-43(29-36)44-28-34-14-4-5-15-35(34)30-46(44)49-45/h1-30H/i1D,2D,3D,4D,5D,12D,13D,14D,15D,22D,23D,24D,25D,26D,27D,28D,29D,30D. The SMILES string of the molecule is [2H]c1c([2H])c([2H])c(-c2c([2H])c([2H])c(-c3ccccc3-c3c4ccccc4c(-c4c([2H])c([2H])c5oc6c([2H])c7c([2H])c([2H])c([2H])c([2H])c7c([2H])c6c5c4[2H])c4ccccc34)c([2H])c2[2H])c([2H])c1[2H]. The summed E-state index contributed by atoms with van der Waals surface area (Å²) in [7, 11) is 0. The van der Waals surface area contributed by atoms with Crippen LogP contribution in [-0.4, -0.2) is 0 Å². The van der Waals surface area contributed by atoms with Crippen molar-refractivity contribution in [2.75, 3.05) is 0 Å². The second-order valence-corrected chi connectivity index (χ2v) is 11.4. The lowest BCUT2D eigenvalue weighted by molar-refractivity contribution is 0.669. The largest absolute Gasteiger partial charge is 0.456 e. The van der Waals surface area contributed by atoms with Gasteiger partial charge in [-0.2, -0.15) is 0 Å². The highest BCUT2D eigenvalue weighted by molar-refractivity contribution is 6.23. The van der Waals surface area contributed by atoms with Gasteiger partial charge < -0.3 is 4.42 Å². The Morgan fingerprint density at radius 1 is 0.347 bits per heavy atom. The van der Waals surface area contributed by atoms with Crippen molar-refractivity contribution in [2.24, 2.45) is 0 Å². The Bertz CT molecular complexity index is 3800. The van der Waals surface area contributed by atoms with Gasteiger partial charge in [0.15, 0.2) is 0 Å². The normalized spacial score (nSPS) is 16.8. The maximum Gasteiger partial charge on any atom is 0.136 e. The van der Waals surface area contributed by atoms with Crippen LogP contribution in [0.25, 0.3) is 98.8 Å². The summed E-state index contributed by atoms with van der Waals surface area (Å²) in [5, 5.41) is 1.42. The highest BCUT2D eigenvalue weighted by atomic mass is 16.3. The summed E-state index contributed by atoms with van der Waals surface area (Å²) in [5.74, 6) is 0. The first-order valence-corrected chi connectivity index (χ1v) is 15.4. The monoisotopic (exact) mass is 640 g/mol. The number of hydrogen-bond acceptors (Lipinski definition) is 1. The fraction of sp³-hybridized carbons (Fsp3) is 0. The molecule has 1 heterocycles. The van der Waals surface area contributed by atoms with Crippen LogP contribution in [0, 0.1) is 0 Å². The Balaban J connectivity index is 1.28. The molecule has 0 spiro atoms. The van der Waals surface area contributed by atoms with Gasteiger partial charge in [0.25, 0.3) is 0 Å². The molecule has 1 nitrogen and oxygen atoms in total. The van der Waals surface area contributed by atoms with Gasteiger partial charge in [-0.3, -0.25) is 0 Å². The third-order valence-corrected chi connectivity index (χ3v) is 8.66. The fourth-order valence-corrected chi connectivity index (χ4v) is 6.54. The van der Waals surface area contributed by atoms with Gasteiger partial charge in [0.05, 0.1) is 24.7 Å². The molecular formula is C48H30O. The molecule has 49 heavy (non-hydrogen) atoms. The highest BCUT2D eigenvalue weighted by Crippen LogP contribution is 2.47. The topological polar surface area (TPSA) is 13.1 Å². The molecule has 9 aromatic carbocycles. The quantitative estimate of drug-likeness (QED) is 0.174. The van der Waals surface area contributed by atoms with E-state index in [1.807, 2.05) is 12.1 Å². The molecule has 1 aromatic heterocycles. The van der Waals surface area contributed by atoms with Gasteiger partial charge in [-0.05, 0) is 101 Å². The van der Waals surface area contributed by atoms with E-state index in [9.17, 15) is 8.22 Å². The van der Waals surface area contributed by atoms with E-state index in [1.165, 1.54) is 0 Å². The van der Waals surface area contributed by atoms with Crippen LogP contribution in [0.15, 0.2) is 186 Å². The predicted molar refractivity (Wildman–Crippen MR) is 208 cm³/mol. The molecule has 0 unspecified atom stereocenters. The smallest absolute Gasteiger partial charge is 0.136 e. The highest BCUT2D eigenvalue weighted by Gasteiger charge is 2.20. The summed E-state index contributed by atoms with van der Waals surface area (Å²) in [6.45, 7) is 0. The van der Waals surface area contributed by atoms with Crippen molar-refractivity contribution in [1.29, 1.82) is 0 Å². The van der Waals surface area contributed by atoms with E-state index >= 15 is 0 Å². The van der Waals surface area contributed by atoms with Gasteiger partial charge in [0.2, 0.25) is 0 Å². The Morgan fingerprint density at radius 3 is 1.55 bits per heavy atom. The molecule has 0 aliphatic heterocycles. The second kappa shape index (κ2) is 11.1. The number of fused-ring (bicyclic) bond motifs is 6. The lowest BCUT2D eigenvalue weighted by Crippen LogP contribution is -1.92. The first kappa shape index (κ1) is 15.2. The van der Waals surface area contributed by atoms with Crippen molar-refractivity contribution < 1.29 is 29.1 Å². The van der Waals surface area contributed by atoms with Crippen LogP contribution in [-0.2, 0) is 0 Å². The second-order valence-electron chi connectivity index (χ2n) is 11.4. The van der Waals surface area contributed by atoms with Crippen LogP contribution >= 0.6 is 0 Å². The van der Waals surface area contributed by atoms with Crippen molar-refractivity contribution in [2.45, 2.75) is 0 Å². The summed E-state index contributed by atoms with van der Waals surface area (Å²) < 4.78 is 165. The number of hydrogen-bond donors (Lipinski definition) is 0. The number of rotatable bonds is 4. The van der Waals surface area contributed by atoms with E-state index < -0.39 is 114 Å². The molecule has 0 amide bonds. The van der Waals surface area contributed by atoms with E-state index in [2.05, 4.69) is 0 Å². The number of furan rings is 1. The van der Waals surface area contributed by atoms with Crippen molar-refractivity contribution >= 4 is 54.3 Å². The Hall–Kier alpha value is -6.44. The zero-order valence-electron chi connectivity index (χ0n) is 43.3. The maximum atomic E-state index is 9.81. The van der Waals surface area contributed by atoms with Crippen molar-refractivity contribution in [3.05, 3.63) is 182 Å². The molecule has 0 bridgehead atoms. The summed E-state index contributed by atoms with van der Waals surface area (Å²) in [5.41, 5.74) is 0.0923. The van der Waals surface area contributed by atoms with Crippen LogP contribution in [0.4, 0.5) is 0 Å². The van der Waals surface area contributed by atoms with Crippen LogP contribution < -0.4 is 0 Å². The fourth-order valence-electron chi connectivity index (χ4n) is 6.54. The first-order valence-electron chi connectivity index (χ1n) is 24.4. The minimum Gasteiger partial charge on any atom is -0.456 e. The Labute approximate surface area is 309 Å². The minimum absolute atomic E-state index is 0.0174. The lowest BCUT2D eigenvalue weighted by Gasteiger charge is -2.20. The molecule has 1 heteroatoms. The maximum absolute atomic E-state index is 9.81. The minimum atomic E-state index is -0.688. The Kier molecular flexibility index (Phi) is 3.43. The molecule has 0 saturated heterocycles. The van der Waals surface area contributed by atoms with Crippen molar-refractivity contribution in [3.8, 4) is 44.5 Å². The van der Waals surface area contributed by atoms with Gasteiger partial charge in [-0.1, -0.05) is 157 Å². The van der Waals surface area contributed by atoms with Gasteiger partial charge in [0.1, 0.15) is 11.2 Å². The Morgan fingerprint density at radius 2 is 0.857 bits per heavy atom. The molecule has 0 atom stereocenters. The van der Waals surface area contributed by atoms with E-state index in [1.54, 1.807) is 60.7 Å². The zero-order valence-corrected chi connectivity index (χ0v) is 25.3. The predicted octanol–water partition coefficient (Wildman–Crippen LogP) is 13.7. The van der Waals surface area contributed by atoms with Crippen LogP contribution in [0.3, 0.4) is 0 Å². The molecule has 0 fully saturated rings. The molecule has 0 aliphatic carbocycles. The molecular weight excluding hydrogens is 593 g/mol. The van der Waals surface area contributed by atoms with Gasteiger partial charge in [-0.15, -0.1) is 0 Å². The van der Waals surface area contributed by atoms with E-state index in [4.69, 9.17) is 20.9 Å². The molecule has 0 aliphatic rings. The lowest BCUT2D eigenvalue weighted by atomic mass is 9.83. The van der Waals surface area contributed by atoms with Crippen LogP contribution in [0.2, 0.25) is 0 Å². The zero-order chi connectivity index (χ0) is 48.0. The number of benzene rings is 9. The molecule has 10 rings (SSSR count). The average molecular weight is 641 g/mol. The van der Waals surface area contributed by atoms with E-state index in [0.717, 1.165) is 0 Å². The van der Waals surface area contributed by atoms with Gasteiger partial charge in [0, 0.05) is 10.8 Å². The van der Waals surface area contributed by atoms with Crippen molar-refractivity contribution in [3.63, 3.8) is 0 Å². The van der Waals surface area contributed by atoms with Crippen LogP contribution in [0.1, 0.15) is 24.7 Å². The van der Waals surface area contributed by atoms with Gasteiger partial charge in [-0.25, -0.2) is 0 Å². The summed E-state index contributed by atoms with van der Waals surface area (Å²) >= 11 is 0. The molecule has 228 valence electrons. The summed E-state index contributed by atoms with van der Waals surface area (Å²) in [6, 6.07) is 11.0. The van der Waals surface area contributed by atoms with E-state index in [-0.39, 0.29) is 55.4 Å². The molecule has 0 radical (unpaired) electrons. The first-order chi connectivity index (χ1) is 31.8. The third-order valence-electron chi connectivity index (χ3n) is 8.66. The van der Waals surface area contributed by atoms with Crippen LogP contribution in [0.5, 0.6) is 0 Å². The van der Waals surface area contributed by atoms with Crippen molar-refractivity contribution in [1.82, 2.24) is 0 Å². The van der Waals surface area contributed by atoms with E-state index in [0.29, 0.717) is 38.2 Å². The molecule has 0 saturated carbocycles. The molecule has 0 N–H and O–H groups in total. The average Bonchev–Trinajstić information content (AvgIpc) is 3.74.